The topological polar surface area (TPSA) is 59.3 Å². The Morgan fingerprint density at radius 2 is 1.87 bits per heavy atom. The molecule has 4 rings (SSSR count). The molecule has 1 amide bonds. The maximum absolute atomic E-state index is 12.4. The molecule has 5 nitrogen and oxygen atoms in total. The standard InChI is InChI=1S/C25H24N4OS/c1-2-9-23-14-21(18-31-23)25(30)27-26-15-22-17-29(16-19-10-5-3-6-11-19)28-24(22)20-12-7-4-8-13-20/h3-8,10-15,17-18H,2,9,16H2,1H3,(H,27,30)/b26-15-. The number of hydrogen-bond donors (Lipinski definition) is 1. The molecule has 1 N–H and O–H groups in total. The third-order valence-corrected chi connectivity index (χ3v) is 5.80. The van der Waals surface area contributed by atoms with Crippen molar-refractivity contribution in [1.82, 2.24) is 15.2 Å². The van der Waals surface area contributed by atoms with Crippen LogP contribution in [0.2, 0.25) is 0 Å². The number of hydrogen-bond acceptors (Lipinski definition) is 4. The molecule has 0 spiro atoms. The first-order valence-corrected chi connectivity index (χ1v) is 11.2. The van der Waals surface area contributed by atoms with Gasteiger partial charge in [0.05, 0.1) is 18.3 Å². The van der Waals surface area contributed by atoms with E-state index < -0.39 is 0 Å². The number of benzene rings is 2. The normalized spacial score (nSPS) is 11.1. The predicted molar refractivity (Wildman–Crippen MR) is 127 cm³/mol. The van der Waals surface area contributed by atoms with E-state index in [1.165, 1.54) is 10.4 Å². The summed E-state index contributed by atoms with van der Waals surface area (Å²) in [4.78, 5) is 13.6. The average Bonchev–Trinajstić information content (AvgIpc) is 3.43. The first-order chi connectivity index (χ1) is 15.2. The molecule has 0 aliphatic carbocycles. The van der Waals surface area contributed by atoms with Crippen molar-refractivity contribution in [3.8, 4) is 11.3 Å². The van der Waals surface area contributed by atoms with Gasteiger partial charge in [-0.25, -0.2) is 5.43 Å². The van der Waals surface area contributed by atoms with Gasteiger partial charge in [-0.2, -0.15) is 10.2 Å². The van der Waals surface area contributed by atoms with Crippen LogP contribution in [-0.2, 0) is 13.0 Å². The summed E-state index contributed by atoms with van der Waals surface area (Å²) in [6.45, 7) is 2.79. The molecular formula is C25H24N4OS. The molecule has 0 saturated carbocycles. The Morgan fingerprint density at radius 3 is 2.61 bits per heavy atom. The molecular weight excluding hydrogens is 404 g/mol. The fourth-order valence-corrected chi connectivity index (χ4v) is 4.28. The van der Waals surface area contributed by atoms with Gasteiger partial charge in [0.2, 0.25) is 0 Å². The molecule has 0 saturated heterocycles. The van der Waals surface area contributed by atoms with Crippen LogP contribution in [0.15, 0.2) is 83.4 Å². The minimum atomic E-state index is -0.201. The van der Waals surface area contributed by atoms with Crippen molar-refractivity contribution >= 4 is 23.5 Å². The molecule has 2 aromatic heterocycles. The molecule has 0 aliphatic heterocycles. The minimum absolute atomic E-state index is 0.201. The predicted octanol–water partition coefficient (Wildman–Crippen LogP) is 5.38. The van der Waals surface area contributed by atoms with Crippen molar-refractivity contribution in [2.24, 2.45) is 5.10 Å². The molecule has 31 heavy (non-hydrogen) atoms. The Bertz CT molecular complexity index is 1160. The van der Waals surface area contributed by atoms with Crippen molar-refractivity contribution < 1.29 is 4.79 Å². The molecule has 0 atom stereocenters. The monoisotopic (exact) mass is 428 g/mol. The molecule has 0 radical (unpaired) electrons. The van der Waals surface area contributed by atoms with Crippen LogP contribution >= 0.6 is 11.3 Å². The Morgan fingerprint density at radius 1 is 1.13 bits per heavy atom. The first-order valence-electron chi connectivity index (χ1n) is 10.3. The van der Waals surface area contributed by atoms with E-state index in [4.69, 9.17) is 5.10 Å². The lowest BCUT2D eigenvalue weighted by molar-refractivity contribution is 0.0955. The van der Waals surface area contributed by atoms with Gasteiger partial charge in [-0.15, -0.1) is 11.3 Å². The lowest BCUT2D eigenvalue weighted by Crippen LogP contribution is -2.16. The lowest BCUT2D eigenvalue weighted by atomic mass is 10.1. The van der Waals surface area contributed by atoms with Crippen molar-refractivity contribution in [3.63, 3.8) is 0 Å². The van der Waals surface area contributed by atoms with E-state index in [2.05, 4.69) is 29.6 Å². The van der Waals surface area contributed by atoms with E-state index in [-0.39, 0.29) is 5.91 Å². The van der Waals surface area contributed by atoms with Crippen LogP contribution in [0.3, 0.4) is 0 Å². The number of aromatic nitrogens is 2. The lowest BCUT2D eigenvalue weighted by Gasteiger charge is -2.01. The summed E-state index contributed by atoms with van der Waals surface area (Å²) in [5.41, 5.74) is 7.14. The molecule has 156 valence electrons. The molecule has 2 aromatic carbocycles. The van der Waals surface area contributed by atoms with Crippen molar-refractivity contribution in [3.05, 3.63) is 99.9 Å². The van der Waals surface area contributed by atoms with E-state index in [1.807, 2.05) is 70.9 Å². The van der Waals surface area contributed by atoms with Gasteiger partial charge in [0.1, 0.15) is 5.69 Å². The van der Waals surface area contributed by atoms with Crippen molar-refractivity contribution in [2.75, 3.05) is 0 Å². The van der Waals surface area contributed by atoms with Crippen LogP contribution < -0.4 is 5.43 Å². The van der Waals surface area contributed by atoms with E-state index in [0.717, 1.165) is 29.7 Å². The zero-order chi connectivity index (χ0) is 21.5. The second kappa shape index (κ2) is 10.00. The number of nitrogens with one attached hydrogen (secondary N) is 1. The maximum atomic E-state index is 12.4. The van der Waals surface area contributed by atoms with Crippen molar-refractivity contribution in [1.29, 1.82) is 0 Å². The summed E-state index contributed by atoms with van der Waals surface area (Å²) in [5, 5.41) is 10.9. The number of thiophene rings is 1. The summed E-state index contributed by atoms with van der Waals surface area (Å²) < 4.78 is 1.90. The molecule has 0 bridgehead atoms. The smallest absolute Gasteiger partial charge is 0.267 e. The zero-order valence-corrected chi connectivity index (χ0v) is 18.2. The van der Waals surface area contributed by atoms with E-state index in [0.29, 0.717) is 12.1 Å². The number of hydrazone groups is 1. The molecule has 0 fully saturated rings. The molecule has 6 heteroatoms. The number of carbonyl (C=O) groups excluding carboxylic acids is 1. The number of carbonyl (C=O) groups is 1. The van der Waals surface area contributed by atoms with Crippen LogP contribution in [0.5, 0.6) is 0 Å². The van der Waals surface area contributed by atoms with Gasteiger partial charge in [-0.3, -0.25) is 9.48 Å². The third kappa shape index (κ3) is 5.35. The summed E-state index contributed by atoms with van der Waals surface area (Å²) in [6.07, 6.45) is 5.67. The third-order valence-electron chi connectivity index (χ3n) is 4.81. The van der Waals surface area contributed by atoms with Gasteiger partial charge in [-0.1, -0.05) is 74.0 Å². The van der Waals surface area contributed by atoms with Crippen molar-refractivity contribution in [2.45, 2.75) is 26.3 Å². The Kier molecular flexibility index (Phi) is 6.69. The summed E-state index contributed by atoms with van der Waals surface area (Å²) in [7, 11) is 0. The SMILES string of the molecule is CCCc1cc(C(=O)N/N=C\c2cn(Cc3ccccc3)nc2-c2ccccc2)cs1. The highest BCUT2D eigenvalue weighted by Crippen LogP contribution is 2.21. The van der Waals surface area contributed by atoms with E-state index in [1.54, 1.807) is 17.6 Å². The van der Waals surface area contributed by atoms with Gasteiger partial charge >= 0.3 is 0 Å². The molecule has 0 unspecified atom stereocenters. The maximum Gasteiger partial charge on any atom is 0.272 e. The Balaban J connectivity index is 1.53. The molecule has 0 aliphatic rings. The fourth-order valence-electron chi connectivity index (χ4n) is 3.31. The number of nitrogens with zero attached hydrogens (tertiary/aromatic N) is 3. The average molecular weight is 429 g/mol. The highest BCUT2D eigenvalue weighted by Gasteiger charge is 2.11. The van der Waals surface area contributed by atoms with Crippen LogP contribution in [-0.4, -0.2) is 21.9 Å². The van der Waals surface area contributed by atoms with Crippen LogP contribution in [0.25, 0.3) is 11.3 Å². The van der Waals surface area contributed by atoms with Crippen LogP contribution in [0.4, 0.5) is 0 Å². The highest BCUT2D eigenvalue weighted by atomic mass is 32.1. The van der Waals surface area contributed by atoms with Gasteiger partial charge in [0.25, 0.3) is 5.91 Å². The second-order valence-electron chi connectivity index (χ2n) is 7.23. The first kappa shape index (κ1) is 20.8. The van der Waals surface area contributed by atoms with E-state index in [9.17, 15) is 4.79 Å². The number of aryl methyl sites for hydroxylation is 1. The van der Waals surface area contributed by atoms with Gasteiger partial charge < -0.3 is 0 Å². The largest absolute Gasteiger partial charge is 0.272 e. The Labute approximate surface area is 186 Å². The summed E-state index contributed by atoms with van der Waals surface area (Å²) in [5.74, 6) is -0.201. The second-order valence-corrected chi connectivity index (χ2v) is 8.23. The number of amides is 1. The molecule has 2 heterocycles. The zero-order valence-electron chi connectivity index (χ0n) is 17.4. The molecule has 4 aromatic rings. The number of rotatable bonds is 8. The Hall–Kier alpha value is -3.51. The quantitative estimate of drug-likeness (QED) is 0.303. The highest BCUT2D eigenvalue weighted by molar-refractivity contribution is 7.10. The van der Waals surface area contributed by atoms with E-state index >= 15 is 0 Å². The van der Waals surface area contributed by atoms with Crippen LogP contribution in [0, 0.1) is 0 Å². The fraction of sp³-hybridized carbons (Fsp3) is 0.160. The summed E-state index contributed by atoms with van der Waals surface area (Å²) in [6, 6.07) is 22.1. The van der Waals surface area contributed by atoms with Gasteiger partial charge in [0.15, 0.2) is 0 Å². The van der Waals surface area contributed by atoms with Gasteiger partial charge in [-0.05, 0) is 18.1 Å². The summed E-state index contributed by atoms with van der Waals surface area (Å²) >= 11 is 1.61. The van der Waals surface area contributed by atoms with Crippen LogP contribution in [0.1, 0.15) is 39.7 Å². The minimum Gasteiger partial charge on any atom is -0.267 e. The van der Waals surface area contributed by atoms with Gasteiger partial charge in [0, 0.05) is 27.6 Å².